The van der Waals surface area contributed by atoms with E-state index in [4.69, 9.17) is 11.6 Å². The molecule has 2 aromatic rings. The van der Waals surface area contributed by atoms with Gasteiger partial charge in [0.15, 0.2) is 0 Å². The maximum absolute atomic E-state index is 5.98. The van der Waals surface area contributed by atoms with Crippen LogP contribution in [-0.2, 0) is 6.54 Å². The number of benzene rings is 1. The summed E-state index contributed by atoms with van der Waals surface area (Å²) in [5.74, 6) is 0. The minimum Gasteiger partial charge on any atom is -0.310 e. The van der Waals surface area contributed by atoms with Crippen molar-refractivity contribution >= 4 is 38.9 Å². The Balaban J connectivity index is 2.16. The van der Waals surface area contributed by atoms with Crippen LogP contribution in [0.3, 0.4) is 0 Å². The molecule has 0 bridgehead atoms. The van der Waals surface area contributed by atoms with Gasteiger partial charge in [0.25, 0.3) is 0 Å². The second kappa shape index (κ2) is 6.15. The molecule has 0 fully saturated rings. The Morgan fingerprint density at radius 3 is 2.89 bits per heavy atom. The SMILES string of the molecule is CC(C)NCc1cnc(-c2ccc(Cl)c(Br)c2)s1. The molecule has 1 N–H and O–H groups in total. The van der Waals surface area contributed by atoms with E-state index in [1.165, 1.54) is 4.88 Å². The van der Waals surface area contributed by atoms with Crippen LogP contribution in [0.15, 0.2) is 28.9 Å². The van der Waals surface area contributed by atoms with E-state index in [1.54, 1.807) is 11.3 Å². The Labute approximate surface area is 125 Å². The topological polar surface area (TPSA) is 24.9 Å². The molecule has 0 radical (unpaired) electrons. The molecule has 1 heterocycles. The molecule has 0 aliphatic rings. The predicted octanol–water partition coefficient (Wildman–Crippen LogP) is 4.72. The van der Waals surface area contributed by atoms with Crippen molar-refractivity contribution in [1.82, 2.24) is 10.3 Å². The summed E-state index contributed by atoms with van der Waals surface area (Å²) in [6, 6.07) is 6.36. The van der Waals surface area contributed by atoms with Crippen molar-refractivity contribution in [1.29, 1.82) is 0 Å². The molecule has 18 heavy (non-hydrogen) atoms. The first-order valence-electron chi connectivity index (χ1n) is 5.70. The summed E-state index contributed by atoms with van der Waals surface area (Å²) in [6.07, 6.45) is 1.93. The van der Waals surface area contributed by atoms with Crippen LogP contribution < -0.4 is 5.32 Å². The van der Waals surface area contributed by atoms with E-state index < -0.39 is 0 Å². The average molecular weight is 346 g/mol. The third-order valence-corrected chi connectivity index (χ3v) is 4.67. The van der Waals surface area contributed by atoms with Gasteiger partial charge in [-0.1, -0.05) is 31.5 Å². The minimum atomic E-state index is 0.486. The molecular weight excluding hydrogens is 332 g/mol. The second-order valence-electron chi connectivity index (χ2n) is 4.30. The van der Waals surface area contributed by atoms with Crippen molar-refractivity contribution in [3.05, 3.63) is 38.8 Å². The van der Waals surface area contributed by atoms with Gasteiger partial charge in [-0.25, -0.2) is 4.98 Å². The minimum absolute atomic E-state index is 0.486. The highest BCUT2D eigenvalue weighted by molar-refractivity contribution is 9.10. The Hall–Kier alpha value is -0.420. The Kier molecular flexibility index (Phi) is 4.78. The largest absolute Gasteiger partial charge is 0.310 e. The first-order valence-corrected chi connectivity index (χ1v) is 7.68. The lowest BCUT2D eigenvalue weighted by Gasteiger charge is -2.04. The molecule has 0 saturated carbocycles. The molecule has 0 atom stereocenters. The average Bonchev–Trinajstić information content (AvgIpc) is 2.79. The highest BCUT2D eigenvalue weighted by Crippen LogP contribution is 2.31. The summed E-state index contributed by atoms with van der Waals surface area (Å²) in [6.45, 7) is 5.14. The lowest BCUT2D eigenvalue weighted by atomic mass is 10.2. The van der Waals surface area contributed by atoms with Crippen LogP contribution in [-0.4, -0.2) is 11.0 Å². The monoisotopic (exact) mass is 344 g/mol. The van der Waals surface area contributed by atoms with Crippen LogP contribution in [0.25, 0.3) is 10.6 Å². The molecule has 2 nitrogen and oxygen atoms in total. The Morgan fingerprint density at radius 2 is 2.22 bits per heavy atom. The van der Waals surface area contributed by atoms with Gasteiger partial charge in [-0.15, -0.1) is 11.3 Å². The molecule has 0 unspecified atom stereocenters. The molecule has 0 saturated heterocycles. The standard InChI is InChI=1S/C13H14BrClN2S/c1-8(2)16-6-10-7-17-13(18-10)9-3-4-12(15)11(14)5-9/h3-5,7-8,16H,6H2,1-2H3. The smallest absolute Gasteiger partial charge is 0.123 e. The fourth-order valence-corrected chi connectivity index (χ4v) is 2.81. The fourth-order valence-electron chi connectivity index (χ4n) is 1.46. The Morgan fingerprint density at radius 1 is 1.44 bits per heavy atom. The molecule has 5 heteroatoms. The van der Waals surface area contributed by atoms with E-state index >= 15 is 0 Å². The first kappa shape index (κ1) is 14.0. The van der Waals surface area contributed by atoms with Crippen LogP contribution in [0.2, 0.25) is 5.02 Å². The Bertz CT molecular complexity index is 540. The van der Waals surface area contributed by atoms with Crippen LogP contribution in [0.5, 0.6) is 0 Å². The molecule has 1 aromatic heterocycles. The molecular formula is C13H14BrClN2S. The van der Waals surface area contributed by atoms with Crippen molar-refractivity contribution in [3.8, 4) is 10.6 Å². The van der Waals surface area contributed by atoms with Crippen LogP contribution in [0, 0.1) is 0 Å². The number of nitrogens with zero attached hydrogens (tertiary/aromatic N) is 1. The zero-order valence-electron chi connectivity index (χ0n) is 10.2. The number of aromatic nitrogens is 1. The van der Waals surface area contributed by atoms with Crippen LogP contribution >= 0.6 is 38.9 Å². The van der Waals surface area contributed by atoms with Crippen LogP contribution in [0.1, 0.15) is 18.7 Å². The number of hydrogen-bond acceptors (Lipinski definition) is 3. The highest BCUT2D eigenvalue weighted by Gasteiger charge is 2.07. The van der Waals surface area contributed by atoms with Gasteiger partial charge >= 0.3 is 0 Å². The predicted molar refractivity (Wildman–Crippen MR) is 82.2 cm³/mol. The third kappa shape index (κ3) is 3.54. The lowest BCUT2D eigenvalue weighted by Crippen LogP contribution is -2.21. The van der Waals surface area contributed by atoms with Crippen LogP contribution in [0.4, 0.5) is 0 Å². The third-order valence-electron chi connectivity index (χ3n) is 2.40. The molecule has 96 valence electrons. The van der Waals surface area contributed by atoms with E-state index in [1.807, 2.05) is 24.4 Å². The molecule has 2 rings (SSSR count). The van der Waals surface area contributed by atoms with Crippen molar-refractivity contribution in [2.24, 2.45) is 0 Å². The molecule has 0 spiro atoms. The van der Waals surface area contributed by atoms with E-state index in [2.05, 4.69) is 40.1 Å². The van der Waals surface area contributed by atoms with E-state index in [9.17, 15) is 0 Å². The van der Waals surface area contributed by atoms with E-state index in [0.29, 0.717) is 6.04 Å². The lowest BCUT2D eigenvalue weighted by molar-refractivity contribution is 0.593. The summed E-state index contributed by atoms with van der Waals surface area (Å²) in [5, 5.41) is 5.13. The maximum atomic E-state index is 5.98. The van der Waals surface area contributed by atoms with Gasteiger partial charge in [0.2, 0.25) is 0 Å². The molecule has 1 aromatic carbocycles. The van der Waals surface area contributed by atoms with Crippen molar-refractivity contribution in [2.75, 3.05) is 0 Å². The first-order chi connectivity index (χ1) is 8.56. The number of hydrogen-bond donors (Lipinski definition) is 1. The summed E-state index contributed by atoms with van der Waals surface area (Å²) in [4.78, 5) is 5.69. The highest BCUT2D eigenvalue weighted by atomic mass is 79.9. The number of halogens is 2. The zero-order valence-corrected chi connectivity index (χ0v) is 13.4. The quantitative estimate of drug-likeness (QED) is 0.867. The van der Waals surface area contributed by atoms with Gasteiger partial charge in [-0.3, -0.25) is 0 Å². The van der Waals surface area contributed by atoms with E-state index in [-0.39, 0.29) is 0 Å². The van der Waals surface area contributed by atoms with Crippen molar-refractivity contribution in [2.45, 2.75) is 26.4 Å². The van der Waals surface area contributed by atoms with Crippen molar-refractivity contribution < 1.29 is 0 Å². The summed E-state index contributed by atoms with van der Waals surface area (Å²) >= 11 is 11.1. The molecule has 0 amide bonds. The fraction of sp³-hybridized carbons (Fsp3) is 0.308. The van der Waals surface area contributed by atoms with Gasteiger partial charge in [0.05, 0.1) is 5.02 Å². The van der Waals surface area contributed by atoms with Gasteiger partial charge in [0.1, 0.15) is 5.01 Å². The summed E-state index contributed by atoms with van der Waals surface area (Å²) in [5.41, 5.74) is 1.09. The van der Waals surface area contributed by atoms with Gasteiger partial charge < -0.3 is 5.32 Å². The number of nitrogens with one attached hydrogen (secondary N) is 1. The normalized spacial score (nSPS) is 11.2. The molecule has 0 aliphatic heterocycles. The number of rotatable bonds is 4. The van der Waals surface area contributed by atoms with Gasteiger partial charge in [-0.05, 0) is 28.1 Å². The van der Waals surface area contributed by atoms with Gasteiger partial charge in [0, 0.05) is 33.7 Å². The number of thiazole rings is 1. The summed E-state index contributed by atoms with van der Waals surface area (Å²) in [7, 11) is 0. The van der Waals surface area contributed by atoms with E-state index in [0.717, 1.165) is 26.6 Å². The van der Waals surface area contributed by atoms with Gasteiger partial charge in [-0.2, -0.15) is 0 Å². The maximum Gasteiger partial charge on any atom is 0.123 e. The second-order valence-corrected chi connectivity index (χ2v) is 6.67. The molecule has 0 aliphatic carbocycles. The summed E-state index contributed by atoms with van der Waals surface area (Å²) < 4.78 is 0.902. The van der Waals surface area contributed by atoms with Crippen molar-refractivity contribution in [3.63, 3.8) is 0 Å². The zero-order chi connectivity index (χ0) is 13.1.